The third kappa shape index (κ3) is 3.96. The molecule has 2 aromatic rings. The van der Waals surface area contributed by atoms with Crippen molar-refractivity contribution in [1.82, 2.24) is 14.1 Å². The van der Waals surface area contributed by atoms with E-state index >= 15 is 0 Å². The smallest absolute Gasteiger partial charge is 0.258 e. The van der Waals surface area contributed by atoms with E-state index in [2.05, 4.69) is 24.3 Å². The quantitative estimate of drug-likeness (QED) is 0.888. The van der Waals surface area contributed by atoms with Gasteiger partial charge in [-0.1, -0.05) is 13.8 Å². The Morgan fingerprint density at radius 1 is 1.15 bits per heavy atom. The zero-order valence-corrected chi connectivity index (χ0v) is 16.0. The molecule has 0 saturated carbocycles. The molecule has 0 radical (unpaired) electrons. The highest BCUT2D eigenvalue weighted by molar-refractivity contribution is 7.89. The summed E-state index contributed by atoms with van der Waals surface area (Å²) in [5.41, 5.74) is 0.985. The third-order valence-corrected chi connectivity index (χ3v) is 6.40. The molecule has 0 bridgehead atoms. The fourth-order valence-corrected chi connectivity index (χ4v) is 5.08. The van der Waals surface area contributed by atoms with Crippen molar-refractivity contribution in [2.45, 2.75) is 25.2 Å². The van der Waals surface area contributed by atoms with E-state index < -0.39 is 10.0 Å². The van der Waals surface area contributed by atoms with Gasteiger partial charge in [0.1, 0.15) is 0 Å². The van der Waals surface area contributed by atoms with Gasteiger partial charge in [0.15, 0.2) is 0 Å². The van der Waals surface area contributed by atoms with Crippen LogP contribution < -0.4 is 5.32 Å². The predicted octanol–water partition coefficient (Wildman–Crippen LogP) is 2.34. The number of nitrogens with one attached hydrogen (secondary N) is 1. The Balaban J connectivity index is 1.73. The molecule has 1 aromatic carbocycles. The van der Waals surface area contributed by atoms with Gasteiger partial charge in [-0.25, -0.2) is 8.42 Å². The highest BCUT2D eigenvalue weighted by atomic mass is 32.2. The van der Waals surface area contributed by atoms with E-state index in [1.165, 1.54) is 18.3 Å². The molecule has 0 unspecified atom stereocenters. The maximum atomic E-state index is 12.9. The molecule has 1 aliphatic heterocycles. The lowest BCUT2D eigenvalue weighted by molar-refractivity contribution is 0.102. The monoisotopic (exact) mass is 376 g/mol. The lowest BCUT2D eigenvalue weighted by Gasteiger charge is -2.34. The number of piperidine rings is 1. The van der Waals surface area contributed by atoms with Crippen LogP contribution in [0.4, 0.5) is 5.69 Å². The van der Waals surface area contributed by atoms with Crippen LogP contribution in [0.15, 0.2) is 41.6 Å². The van der Waals surface area contributed by atoms with Gasteiger partial charge in [-0.2, -0.15) is 9.40 Å². The molecule has 1 saturated heterocycles. The SMILES string of the molecule is C[C@@H]1C[C@H](C)CN(S(=O)(=O)c2ccc(NC(=O)c3cnn(C)c3)cc2)C1. The Hall–Kier alpha value is -2.19. The average molecular weight is 376 g/mol. The molecule has 140 valence electrons. The minimum Gasteiger partial charge on any atom is -0.322 e. The van der Waals surface area contributed by atoms with Gasteiger partial charge in [0.25, 0.3) is 5.91 Å². The number of anilines is 1. The minimum atomic E-state index is -3.51. The number of aryl methyl sites for hydroxylation is 1. The van der Waals surface area contributed by atoms with Crippen LogP contribution in [0.1, 0.15) is 30.6 Å². The number of nitrogens with zero attached hydrogens (tertiary/aromatic N) is 3. The zero-order valence-electron chi connectivity index (χ0n) is 15.2. The van der Waals surface area contributed by atoms with Crippen LogP contribution >= 0.6 is 0 Å². The third-order valence-electron chi connectivity index (χ3n) is 4.55. The van der Waals surface area contributed by atoms with Gasteiger partial charge in [0, 0.05) is 32.0 Å². The normalized spacial score (nSPS) is 21.5. The summed E-state index contributed by atoms with van der Waals surface area (Å²) in [6.07, 6.45) is 4.14. The fourth-order valence-electron chi connectivity index (χ4n) is 3.40. The summed E-state index contributed by atoms with van der Waals surface area (Å²) in [6.45, 7) is 5.25. The number of carbonyl (C=O) groups excluding carboxylic acids is 1. The summed E-state index contributed by atoms with van der Waals surface area (Å²) >= 11 is 0. The number of carbonyl (C=O) groups is 1. The molecule has 1 aliphatic rings. The van der Waals surface area contributed by atoms with Crippen molar-refractivity contribution >= 4 is 21.6 Å². The van der Waals surface area contributed by atoms with E-state index in [-0.39, 0.29) is 10.8 Å². The molecule has 1 fully saturated rings. The van der Waals surface area contributed by atoms with Gasteiger partial charge in [-0.3, -0.25) is 9.48 Å². The molecule has 26 heavy (non-hydrogen) atoms. The number of sulfonamides is 1. The predicted molar refractivity (Wildman–Crippen MR) is 99.3 cm³/mol. The minimum absolute atomic E-state index is 0.248. The van der Waals surface area contributed by atoms with Crippen molar-refractivity contribution in [2.24, 2.45) is 18.9 Å². The van der Waals surface area contributed by atoms with Crippen molar-refractivity contribution in [3.63, 3.8) is 0 Å². The van der Waals surface area contributed by atoms with Crippen molar-refractivity contribution in [2.75, 3.05) is 18.4 Å². The highest BCUT2D eigenvalue weighted by Gasteiger charge is 2.31. The number of benzene rings is 1. The molecule has 3 rings (SSSR count). The number of hydrogen-bond acceptors (Lipinski definition) is 4. The summed E-state index contributed by atoms with van der Waals surface area (Å²) in [6, 6.07) is 6.30. The van der Waals surface area contributed by atoms with E-state index in [1.54, 1.807) is 34.4 Å². The summed E-state index contributed by atoms with van der Waals surface area (Å²) < 4.78 is 28.8. The lowest BCUT2D eigenvalue weighted by atomic mass is 9.94. The first-order chi connectivity index (χ1) is 12.3. The zero-order chi connectivity index (χ0) is 18.9. The average Bonchev–Trinajstić information content (AvgIpc) is 3.01. The van der Waals surface area contributed by atoms with Crippen LogP contribution in [0.2, 0.25) is 0 Å². The molecule has 1 amide bonds. The van der Waals surface area contributed by atoms with Crippen LogP contribution in [0.25, 0.3) is 0 Å². The number of hydrogen-bond donors (Lipinski definition) is 1. The van der Waals surface area contributed by atoms with E-state index in [0.29, 0.717) is 36.2 Å². The second-order valence-electron chi connectivity index (χ2n) is 7.15. The molecule has 2 atom stereocenters. The van der Waals surface area contributed by atoms with Gasteiger partial charge >= 0.3 is 0 Å². The first kappa shape index (κ1) is 18.6. The maximum Gasteiger partial charge on any atom is 0.258 e. The van der Waals surface area contributed by atoms with E-state index in [4.69, 9.17) is 0 Å². The maximum absolute atomic E-state index is 12.9. The molecule has 1 aromatic heterocycles. The standard InChI is InChI=1S/C18H24N4O3S/c1-13-8-14(2)11-22(10-13)26(24,25)17-6-4-16(5-7-17)20-18(23)15-9-19-21(3)12-15/h4-7,9,12-14H,8,10-11H2,1-3H3,(H,20,23)/t13-,14+. The van der Waals surface area contributed by atoms with Crippen molar-refractivity contribution in [1.29, 1.82) is 0 Å². The van der Waals surface area contributed by atoms with Gasteiger partial charge in [0.2, 0.25) is 10.0 Å². The van der Waals surface area contributed by atoms with Crippen LogP contribution in [-0.4, -0.2) is 41.5 Å². The molecule has 1 N–H and O–H groups in total. The van der Waals surface area contributed by atoms with E-state index in [0.717, 1.165) is 6.42 Å². The summed E-state index contributed by atoms with van der Waals surface area (Å²) in [5, 5.41) is 6.70. The largest absolute Gasteiger partial charge is 0.322 e. The van der Waals surface area contributed by atoms with Gasteiger partial charge < -0.3 is 5.32 Å². The Bertz CT molecular complexity index is 879. The molecule has 0 aliphatic carbocycles. The Morgan fingerprint density at radius 3 is 2.31 bits per heavy atom. The number of amides is 1. The van der Waals surface area contributed by atoms with Crippen LogP contribution in [0.3, 0.4) is 0 Å². The summed E-state index contributed by atoms with van der Waals surface area (Å²) in [5.74, 6) is 0.422. The number of aromatic nitrogens is 2. The van der Waals surface area contributed by atoms with Gasteiger partial charge in [-0.15, -0.1) is 0 Å². The van der Waals surface area contributed by atoms with E-state index in [1.807, 2.05) is 0 Å². The van der Waals surface area contributed by atoms with Crippen molar-refractivity contribution in [3.05, 3.63) is 42.2 Å². The topological polar surface area (TPSA) is 84.3 Å². The molecule has 8 heteroatoms. The van der Waals surface area contributed by atoms with Gasteiger partial charge in [-0.05, 0) is 42.5 Å². The number of rotatable bonds is 4. The highest BCUT2D eigenvalue weighted by Crippen LogP contribution is 2.27. The first-order valence-electron chi connectivity index (χ1n) is 8.66. The summed E-state index contributed by atoms with van der Waals surface area (Å²) in [7, 11) is -1.78. The Labute approximate surface area is 154 Å². The molecular weight excluding hydrogens is 352 g/mol. The fraction of sp³-hybridized carbons (Fsp3) is 0.444. The van der Waals surface area contributed by atoms with Crippen LogP contribution in [-0.2, 0) is 17.1 Å². The van der Waals surface area contributed by atoms with Crippen LogP contribution in [0.5, 0.6) is 0 Å². The molecule has 0 spiro atoms. The van der Waals surface area contributed by atoms with E-state index in [9.17, 15) is 13.2 Å². The Kier molecular flexibility index (Phi) is 5.15. The second kappa shape index (κ2) is 7.20. The molecular formula is C18H24N4O3S. The van der Waals surface area contributed by atoms with Crippen molar-refractivity contribution in [3.8, 4) is 0 Å². The van der Waals surface area contributed by atoms with Crippen LogP contribution in [0, 0.1) is 11.8 Å². The second-order valence-corrected chi connectivity index (χ2v) is 9.09. The van der Waals surface area contributed by atoms with Gasteiger partial charge in [0.05, 0.1) is 16.7 Å². The lowest BCUT2D eigenvalue weighted by Crippen LogP contribution is -2.42. The van der Waals surface area contributed by atoms with Crippen molar-refractivity contribution < 1.29 is 13.2 Å². The molecule has 2 heterocycles. The Morgan fingerprint density at radius 2 is 1.77 bits per heavy atom. The first-order valence-corrected chi connectivity index (χ1v) is 10.1. The summed E-state index contributed by atoms with van der Waals surface area (Å²) in [4.78, 5) is 12.4. The molecule has 7 nitrogen and oxygen atoms in total.